The van der Waals surface area contributed by atoms with Crippen molar-refractivity contribution >= 4 is 67.2 Å². The molecule has 6 rings (SSSR count). The first-order chi connectivity index (χ1) is 18.6. The SMILES string of the molecule is Cc1cc(C)c2nc(N(CCCN3CCOCC3)C(=O)c3cc(-c4cccs4)nc4ccccc34)sc2c1.Cl. The molecule has 202 valence electrons. The minimum absolute atomic E-state index is 0. The molecule has 0 radical (unpaired) electrons. The summed E-state index contributed by atoms with van der Waals surface area (Å²) < 4.78 is 6.62. The molecule has 4 heterocycles. The fraction of sp³-hybridized carbons (Fsp3) is 0.300. The van der Waals surface area contributed by atoms with Gasteiger partial charge in [-0.15, -0.1) is 23.7 Å². The smallest absolute Gasteiger partial charge is 0.260 e. The van der Waals surface area contributed by atoms with E-state index in [4.69, 9.17) is 14.7 Å². The van der Waals surface area contributed by atoms with Crippen LogP contribution >= 0.6 is 35.1 Å². The Morgan fingerprint density at radius 3 is 2.67 bits per heavy atom. The van der Waals surface area contributed by atoms with E-state index in [1.54, 1.807) is 22.7 Å². The lowest BCUT2D eigenvalue weighted by Crippen LogP contribution is -2.39. The average molecular weight is 579 g/mol. The maximum atomic E-state index is 14.4. The van der Waals surface area contributed by atoms with Crippen molar-refractivity contribution in [1.29, 1.82) is 0 Å². The summed E-state index contributed by atoms with van der Waals surface area (Å²) in [5.41, 5.74) is 5.63. The number of para-hydroxylation sites is 1. The van der Waals surface area contributed by atoms with Crippen LogP contribution in [-0.2, 0) is 4.74 Å². The number of ether oxygens (including phenoxy) is 1. The minimum Gasteiger partial charge on any atom is -0.379 e. The van der Waals surface area contributed by atoms with Crippen molar-refractivity contribution in [2.24, 2.45) is 0 Å². The van der Waals surface area contributed by atoms with Crippen molar-refractivity contribution in [2.45, 2.75) is 20.3 Å². The van der Waals surface area contributed by atoms with Crippen LogP contribution in [0.15, 0.2) is 60.0 Å². The number of fused-ring (bicyclic) bond motifs is 2. The number of anilines is 1. The van der Waals surface area contributed by atoms with Gasteiger partial charge in [0.2, 0.25) is 0 Å². The van der Waals surface area contributed by atoms with Crippen LogP contribution in [0.3, 0.4) is 0 Å². The quantitative estimate of drug-likeness (QED) is 0.208. The Morgan fingerprint density at radius 1 is 1.05 bits per heavy atom. The second-order valence-corrected chi connectivity index (χ2v) is 11.7. The molecule has 0 atom stereocenters. The fourth-order valence-corrected chi connectivity index (χ4v) is 6.94. The predicted molar refractivity (Wildman–Crippen MR) is 165 cm³/mol. The molecule has 0 spiro atoms. The Bertz CT molecular complexity index is 1600. The lowest BCUT2D eigenvalue weighted by molar-refractivity contribution is 0.0376. The number of benzene rings is 2. The highest BCUT2D eigenvalue weighted by Gasteiger charge is 2.25. The topological polar surface area (TPSA) is 58.6 Å². The van der Waals surface area contributed by atoms with Crippen molar-refractivity contribution in [3.8, 4) is 10.6 Å². The highest BCUT2D eigenvalue weighted by Crippen LogP contribution is 2.34. The van der Waals surface area contributed by atoms with E-state index in [0.717, 1.165) is 81.7 Å². The van der Waals surface area contributed by atoms with E-state index in [1.807, 2.05) is 46.7 Å². The number of hydrogen-bond acceptors (Lipinski definition) is 7. The number of aromatic nitrogens is 2. The van der Waals surface area contributed by atoms with Crippen LogP contribution in [0.25, 0.3) is 31.7 Å². The molecule has 1 aliphatic heterocycles. The van der Waals surface area contributed by atoms with Gasteiger partial charge < -0.3 is 4.74 Å². The summed E-state index contributed by atoms with van der Waals surface area (Å²) in [6.07, 6.45) is 0.862. The van der Waals surface area contributed by atoms with Crippen LogP contribution in [0.4, 0.5) is 5.13 Å². The van der Waals surface area contributed by atoms with Gasteiger partial charge in [0.05, 0.1) is 45.1 Å². The average Bonchev–Trinajstić information content (AvgIpc) is 3.62. The molecule has 0 bridgehead atoms. The minimum atomic E-state index is -0.0307. The molecular weight excluding hydrogens is 548 g/mol. The molecular formula is C30H31ClN4O2S2. The summed E-state index contributed by atoms with van der Waals surface area (Å²) in [5, 5.41) is 3.65. The van der Waals surface area contributed by atoms with Gasteiger partial charge >= 0.3 is 0 Å². The fourth-order valence-electron chi connectivity index (χ4n) is 5.08. The summed E-state index contributed by atoms with van der Waals surface area (Å²) >= 11 is 3.23. The van der Waals surface area contributed by atoms with Gasteiger partial charge in [0.15, 0.2) is 5.13 Å². The van der Waals surface area contributed by atoms with Crippen LogP contribution in [0, 0.1) is 13.8 Å². The number of morpholine rings is 1. The van der Waals surface area contributed by atoms with Crippen LogP contribution in [0.1, 0.15) is 27.9 Å². The largest absolute Gasteiger partial charge is 0.379 e. The third-order valence-corrected chi connectivity index (χ3v) is 8.89. The van der Waals surface area contributed by atoms with E-state index in [0.29, 0.717) is 12.1 Å². The van der Waals surface area contributed by atoms with Crippen LogP contribution < -0.4 is 4.90 Å². The zero-order chi connectivity index (χ0) is 26.1. The maximum Gasteiger partial charge on any atom is 0.260 e. The second-order valence-electron chi connectivity index (χ2n) is 9.74. The van der Waals surface area contributed by atoms with Gasteiger partial charge in [0.1, 0.15) is 0 Å². The van der Waals surface area contributed by atoms with Crippen LogP contribution in [0.2, 0.25) is 0 Å². The number of aryl methyl sites for hydroxylation is 2. The number of rotatable bonds is 7. The Morgan fingerprint density at radius 2 is 1.87 bits per heavy atom. The molecule has 0 aliphatic carbocycles. The molecule has 2 aromatic carbocycles. The molecule has 1 fully saturated rings. The second kappa shape index (κ2) is 12.1. The molecule has 1 saturated heterocycles. The molecule has 0 N–H and O–H groups in total. The Kier molecular flexibility index (Phi) is 8.59. The summed E-state index contributed by atoms with van der Waals surface area (Å²) in [5.74, 6) is -0.0307. The van der Waals surface area contributed by atoms with Gasteiger partial charge in [-0.05, 0) is 61.0 Å². The van der Waals surface area contributed by atoms with E-state index < -0.39 is 0 Å². The number of thiazole rings is 1. The van der Waals surface area contributed by atoms with Crippen molar-refractivity contribution in [2.75, 3.05) is 44.3 Å². The van der Waals surface area contributed by atoms with Crippen LogP contribution in [0.5, 0.6) is 0 Å². The maximum absolute atomic E-state index is 14.4. The first-order valence-corrected chi connectivity index (χ1v) is 14.7. The first-order valence-electron chi connectivity index (χ1n) is 13.0. The standard InChI is InChI=1S/C30H30N4O2S2.ClH/c1-20-17-21(2)28-27(18-20)38-30(32-28)34(11-6-10-33-12-14-36-15-13-33)29(35)23-19-25(26-9-5-16-37-26)31-24-8-4-3-7-22(23)24;/h3-5,7-9,16-19H,6,10-15H2,1-2H3;1H. The molecule has 39 heavy (non-hydrogen) atoms. The van der Waals surface area contributed by atoms with Crippen molar-refractivity contribution in [3.63, 3.8) is 0 Å². The lowest BCUT2D eigenvalue weighted by Gasteiger charge is -2.28. The van der Waals surface area contributed by atoms with Crippen LogP contribution in [-0.4, -0.2) is 60.2 Å². The molecule has 3 aromatic heterocycles. The number of pyridine rings is 1. The molecule has 1 amide bonds. The Labute approximate surface area is 242 Å². The van der Waals surface area contributed by atoms with E-state index in [9.17, 15) is 4.79 Å². The van der Waals surface area contributed by atoms with Gasteiger partial charge in [-0.1, -0.05) is 41.7 Å². The van der Waals surface area contributed by atoms with E-state index in [2.05, 4.69) is 36.9 Å². The molecule has 9 heteroatoms. The number of carbonyl (C=O) groups excluding carboxylic acids is 1. The van der Waals surface area contributed by atoms with Gasteiger partial charge in [-0.3, -0.25) is 14.6 Å². The number of thiophene rings is 1. The molecule has 5 aromatic rings. The third kappa shape index (κ3) is 5.85. The molecule has 1 aliphatic rings. The lowest BCUT2D eigenvalue weighted by atomic mass is 10.1. The molecule has 6 nitrogen and oxygen atoms in total. The predicted octanol–water partition coefficient (Wildman–Crippen LogP) is 6.98. The Balaban J connectivity index is 0.00000308. The van der Waals surface area contributed by atoms with Gasteiger partial charge in [-0.2, -0.15) is 0 Å². The van der Waals surface area contributed by atoms with Gasteiger partial charge in [-0.25, -0.2) is 9.97 Å². The van der Waals surface area contributed by atoms with E-state index in [1.165, 1.54) is 5.56 Å². The summed E-state index contributed by atoms with van der Waals surface area (Å²) in [6, 6.07) is 18.3. The summed E-state index contributed by atoms with van der Waals surface area (Å²) in [4.78, 5) is 29.7. The molecule has 0 unspecified atom stereocenters. The monoisotopic (exact) mass is 578 g/mol. The number of nitrogens with zero attached hydrogens (tertiary/aromatic N) is 4. The highest BCUT2D eigenvalue weighted by molar-refractivity contribution is 7.22. The normalized spacial score (nSPS) is 14.0. The number of carbonyl (C=O) groups is 1. The van der Waals surface area contributed by atoms with E-state index >= 15 is 0 Å². The van der Waals surface area contributed by atoms with Crippen molar-refractivity contribution in [3.05, 3.63) is 76.7 Å². The number of amides is 1. The molecule has 0 saturated carbocycles. The first kappa shape index (κ1) is 27.7. The summed E-state index contributed by atoms with van der Waals surface area (Å²) in [7, 11) is 0. The van der Waals surface area contributed by atoms with Gasteiger partial charge in [0, 0.05) is 31.6 Å². The van der Waals surface area contributed by atoms with Gasteiger partial charge in [0.25, 0.3) is 5.91 Å². The Hall–Kier alpha value is -2.88. The highest BCUT2D eigenvalue weighted by atomic mass is 35.5. The van der Waals surface area contributed by atoms with E-state index in [-0.39, 0.29) is 18.3 Å². The summed E-state index contributed by atoms with van der Waals surface area (Å²) in [6.45, 7) is 9.13. The van der Waals surface area contributed by atoms with Crippen molar-refractivity contribution in [1.82, 2.24) is 14.9 Å². The zero-order valence-corrected chi connectivity index (χ0v) is 24.5. The van der Waals surface area contributed by atoms with Crippen molar-refractivity contribution < 1.29 is 9.53 Å². The number of halogens is 1. The third-order valence-electron chi connectivity index (χ3n) is 6.97. The number of hydrogen-bond donors (Lipinski definition) is 0. The zero-order valence-electron chi connectivity index (χ0n) is 22.1.